The molecular weight excluding hydrogens is 136 g/mol. The molecule has 0 spiro atoms. The molecule has 2 rings (SSSR count). The molecule has 2 atom stereocenters. The normalized spacial score (nSPS) is 40.9. The van der Waals surface area contributed by atoms with Crippen LogP contribution >= 0.6 is 0 Å². The molecule has 64 valence electrons. The van der Waals surface area contributed by atoms with Gasteiger partial charge in [0.25, 0.3) is 0 Å². The zero-order valence-corrected chi connectivity index (χ0v) is 7.29. The first-order valence-electron chi connectivity index (χ1n) is 4.77. The van der Waals surface area contributed by atoms with E-state index in [1.807, 2.05) is 5.01 Å². The smallest absolute Gasteiger partial charge is 0.0157 e. The zero-order chi connectivity index (χ0) is 7.84. The Morgan fingerprint density at radius 2 is 2.00 bits per heavy atom. The van der Waals surface area contributed by atoms with E-state index in [0.29, 0.717) is 0 Å². The van der Waals surface area contributed by atoms with E-state index in [2.05, 4.69) is 6.92 Å². The molecule has 2 fully saturated rings. The summed E-state index contributed by atoms with van der Waals surface area (Å²) in [6.07, 6.45) is 4.31. The lowest BCUT2D eigenvalue weighted by atomic mass is 9.84. The third-order valence-electron chi connectivity index (χ3n) is 3.23. The molecule has 1 aliphatic heterocycles. The lowest BCUT2D eigenvalue weighted by Crippen LogP contribution is -2.43. The molecule has 2 nitrogen and oxygen atoms in total. The molecule has 2 aliphatic rings. The van der Waals surface area contributed by atoms with E-state index in [4.69, 9.17) is 5.84 Å². The first kappa shape index (κ1) is 7.56. The van der Waals surface area contributed by atoms with Gasteiger partial charge in [0.2, 0.25) is 0 Å². The van der Waals surface area contributed by atoms with Crippen LogP contribution in [-0.4, -0.2) is 18.1 Å². The van der Waals surface area contributed by atoms with Crippen molar-refractivity contribution in [1.29, 1.82) is 0 Å². The lowest BCUT2D eigenvalue weighted by Gasteiger charge is -2.34. The fraction of sp³-hybridized carbons (Fsp3) is 1.00. The van der Waals surface area contributed by atoms with Crippen molar-refractivity contribution in [3.05, 3.63) is 0 Å². The van der Waals surface area contributed by atoms with E-state index in [1.165, 1.54) is 19.3 Å². The Balaban J connectivity index is 1.90. The van der Waals surface area contributed by atoms with Crippen LogP contribution in [0, 0.1) is 17.8 Å². The molecule has 1 saturated carbocycles. The number of nitrogens with zero attached hydrogens (tertiary/aromatic N) is 1. The second-order valence-electron chi connectivity index (χ2n) is 4.26. The van der Waals surface area contributed by atoms with E-state index >= 15 is 0 Å². The van der Waals surface area contributed by atoms with Crippen LogP contribution in [0.5, 0.6) is 0 Å². The fourth-order valence-corrected chi connectivity index (χ4v) is 2.42. The molecule has 0 radical (unpaired) electrons. The Hall–Kier alpha value is -0.0800. The highest BCUT2D eigenvalue weighted by Crippen LogP contribution is 2.43. The summed E-state index contributed by atoms with van der Waals surface area (Å²) in [6, 6.07) is 0. The largest absolute Gasteiger partial charge is 0.269 e. The minimum absolute atomic E-state index is 0.834. The van der Waals surface area contributed by atoms with E-state index < -0.39 is 0 Å². The topological polar surface area (TPSA) is 29.3 Å². The highest BCUT2D eigenvalue weighted by molar-refractivity contribution is 4.87. The van der Waals surface area contributed by atoms with Crippen molar-refractivity contribution in [2.75, 3.05) is 13.1 Å². The summed E-state index contributed by atoms with van der Waals surface area (Å²) in [5.74, 6) is 8.64. The van der Waals surface area contributed by atoms with Gasteiger partial charge in [-0.25, -0.2) is 5.01 Å². The third kappa shape index (κ3) is 1.57. The summed E-state index contributed by atoms with van der Waals surface area (Å²) in [5.41, 5.74) is 0. The second kappa shape index (κ2) is 2.76. The molecule has 0 aromatic carbocycles. The number of nitrogens with two attached hydrogens (primary N) is 1. The Kier molecular flexibility index (Phi) is 1.90. The summed E-state index contributed by atoms with van der Waals surface area (Å²) in [4.78, 5) is 0. The summed E-state index contributed by atoms with van der Waals surface area (Å²) in [7, 11) is 0. The molecule has 2 unspecified atom stereocenters. The standard InChI is InChI=1S/C9H18N2/c1-7-6-11(10)5-4-9(7)8-2-3-8/h7-9H,2-6,10H2,1H3. The van der Waals surface area contributed by atoms with Crippen molar-refractivity contribution in [2.24, 2.45) is 23.6 Å². The molecular formula is C9H18N2. The van der Waals surface area contributed by atoms with Gasteiger partial charge in [0, 0.05) is 13.1 Å². The van der Waals surface area contributed by atoms with Gasteiger partial charge < -0.3 is 0 Å². The van der Waals surface area contributed by atoms with Gasteiger partial charge in [0.05, 0.1) is 0 Å². The minimum Gasteiger partial charge on any atom is -0.269 e. The van der Waals surface area contributed by atoms with Crippen LogP contribution in [0.3, 0.4) is 0 Å². The van der Waals surface area contributed by atoms with Gasteiger partial charge in [-0.15, -0.1) is 0 Å². The zero-order valence-electron chi connectivity index (χ0n) is 7.29. The highest BCUT2D eigenvalue weighted by Gasteiger charge is 2.36. The van der Waals surface area contributed by atoms with Gasteiger partial charge in [-0.2, -0.15) is 0 Å². The predicted octanol–water partition coefficient (Wildman–Crippen LogP) is 1.23. The van der Waals surface area contributed by atoms with Crippen molar-refractivity contribution in [3.63, 3.8) is 0 Å². The Labute approximate surface area is 68.7 Å². The highest BCUT2D eigenvalue weighted by atomic mass is 15.4. The van der Waals surface area contributed by atoms with Crippen molar-refractivity contribution >= 4 is 0 Å². The maximum Gasteiger partial charge on any atom is 0.0157 e. The number of piperidine rings is 1. The number of hydrogen-bond donors (Lipinski definition) is 1. The van der Waals surface area contributed by atoms with Crippen LogP contribution in [0.15, 0.2) is 0 Å². The molecule has 0 aromatic heterocycles. The number of hydrazine groups is 1. The van der Waals surface area contributed by atoms with Gasteiger partial charge in [-0.05, 0) is 37.0 Å². The number of rotatable bonds is 1. The number of hydrogen-bond acceptors (Lipinski definition) is 2. The van der Waals surface area contributed by atoms with Crippen LogP contribution < -0.4 is 5.84 Å². The molecule has 1 aliphatic carbocycles. The Bertz CT molecular complexity index is 142. The lowest BCUT2D eigenvalue weighted by molar-refractivity contribution is 0.118. The van der Waals surface area contributed by atoms with Crippen LogP contribution in [0.1, 0.15) is 26.2 Å². The summed E-state index contributed by atoms with van der Waals surface area (Å²) >= 11 is 0. The molecule has 2 N–H and O–H groups in total. The first-order valence-corrected chi connectivity index (χ1v) is 4.77. The van der Waals surface area contributed by atoms with Crippen LogP contribution in [-0.2, 0) is 0 Å². The Morgan fingerprint density at radius 3 is 2.55 bits per heavy atom. The maximum absolute atomic E-state index is 5.74. The van der Waals surface area contributed by atoms with Gasteiger partial charge in [-0.1, -0.05) is 6.92 Å². The summed E-state index contributed by atoms with van der Waals surface area (Å²) in [5, 5.41) is 1.98. The van der Waals surface area contributed by atoms with E-state index in [1.54, 1.807) is 0 Å². The average Bonchev–Trinajstić information content (AvgIpc) is 2.70. The third-order valence-corrected chi connectivity index (χ3v) is 3.23. The molecule has 11 heavy (non-hydrogen) atoms. The SMILES string of the molecule is CC1CN(N)CCC1C1CC1. The molecule has 2 heteroatoms. The Morgan fingerprint density at radius 1 is 1.27 bits per heavy atom. The molecule has 0 bridgehead atoms. The molecule has 0 aromatic rings. The minimum atomic E-state index is 0.834. The molecule has 1 heterocycles. The summed E-state index contributed by atoms with van der Waals surface area (Å²) in [6.45, 7) is 4.58. The van der Waals surface area contributed by atoms with Gasteiger partial charge in [0.1, 0.15) is 0 Å². The van der Waals surface area contributed by atoms with Crippen LogP contribution in [0.25, 0.3) is 0 Å². The van der Waals surface area contributed by atoms with E-state index in [-0.39, 0.29) is 0 Å². The van der Waals surface area contributed by atoms with Gasteiger partial charge in [0.15, 0.2) is 0 Å². The predicted molar refractivity (Wildman–Crippen MR) is 45.8 cm³/mol. The fourth-order valence-electron chi connectivity index (χ4n) is 2.42. The van der Waals surface area contributed by atoms with Crippen LogP contribution in [0.4, 0.5) is 0 Å². The van der Waals surface area contributed by atoms with Crippen molar-refractivity contribution in [1.82, 2.24) is 5.01 Å². The quantitative estimate of drug-likeness (QED) is 0.576. The van der Waals surface area contributed by atoms with Crippen LogP contribution in [0.2, 0.25) is 0 Å². The van der Waals surface area contributed by atoms with Crippen molar-refractivity contribution in [3.8, 4) is 0 Å². The van der Waals surface area contributed by atoms with Crippen molar-refractivity contribution in [2.45, 2.75) is 26.2 Å². The van der Waals surface area contributed by atoms with Gasteiger partial charge in [-0.3, -0.25) is 5.84 Å². The molecule has 0 amide bonds. The van der Waals surface area contributed by atoms with E-state index in [9.17, 15) is 0 Å². The van der Waals surface area contributed by atoms with Crippen molar-refractivity contribution < 1.29 is 0 Å². The second-order valence-corrected chi connectivity index (χ2v) is 4.26. The summed E-state index contributed by atoms with van der Waals surface area (Å²) < 4.78 is 0. The monoisotopic (exact) mass is 154 g/mol. The molecule has 1 saturated heterocycles. The van der Waals surface area contributed by atoms with Gasteiger partial charge >= 0.3 is 0 Å². The average molecular weight is 154 g/mol. The van der Waals surface area contributed by atoms with E-state index in [0.717, 1.165) is 30.8 Å². The maximum atomic E-state index is 5.74. The first-order chi connectivity index (χ1) is 5.27.